The number of benzene rings is 1. The first-order chi connectivity index (χ1) is 11.7. The highest BCUT2D eigenvalue weighted by Gasteiger charge is 2.26. The van der Waals surface area contributed by atoms with Crippen LogP contribution in [-0.2, 0) is 11.3 Å². The smallest absolute Gasteiger partial charge is 0.373 e. The third kappa shape index (κ3) is 3.74. The molecule has 24 heavy (non-hydrogen) atoms. The van der Waals surface area contributed by atoms with Crippen molar-refractivity contribution >= 4 is 11.8 Å². The van der Waals surface area contributed by atoms with Gasteiger partial charge in [0.25, 0.3) is 0 Å². The number of methoxy groups -OCH3 is 1. The van der Waals surface area contributed by atoms with Crippen LogP contribution >= 0.6 is 0 Å². The molecule has 1 aromatic carbocycles. The highest BCUT2D eigenvalue weighted by Crippen LogP contribution is 2.23. The first-order valence-electron chi connectivity index (χ1n) is 8.16. The first-order valence-corrected chi connectivity index (χ1v) is 8.16. The topological polar surface area (TPSA) is 59.8 Å². The molecule has 0 atom stereocenters. The van der Waals surface area contributed by atoms with Gasteiger partial charge < -0.3 is 9.15 Å². The summed E-state index contributed by atoms with van der Waals surface area (Å²) in [5, 5.41) is 0. The Hall–Kier alpha value is -2.40. The zero-order chi connectivity index (χ0) is 16.9. The Morgan fingerprint density at radius 1 is 1.12 bits per heavy atom. The second-order valence-corrected chi connectivity index (χ2v) is 6.04. The molecule has 1 aliphatic heterocycles. The van der Waals surface area contributed by atoms with Crippen molar-refractivity contribution in [3.63, 3.8) is 0 Å². The van der Waals surface area contributed by atoms with Gasteiger partial charge in [-0.2, -0.15) is 0 Å². The van der Waals surface area contributed by atoms with E-state index >= 15 is 0 Å². The van der Waals surface area contributed by atoms with Crippen LogP contribution in [-0.4, -0.2) is 36.9 Å². The van der Waals surface area contributed by atoms with Gasteiger partial charge in [0.15, 0.2) is 5.78 Å². The van der Waals surface area contributed by atoms with E-state index in [2.05, 4.69) is 9.64 Å². The molecule has 0 amide bonds. The van der Waals surface area contributed by atoms with Crippen molar-refractivity contribution in [2.75, 3.05) is 20.2 Å². The van der Waals surface area contributed by atoms with Gasteiger partial charge in [0.2, 0.25) is 5.76 Å². The molecular weight excluding hydrogens is 306 g/mol. The van der Waals surface area contributed by atoms with Crippen molar-refractivity contribution < 1.29 is 18.7 Å². The minimum atomic E-state index is -0.464. The highest BCUT2D eigenvalue weighted by molar-refractivity contribution is 5.97. The molecule has 126 valence electrons. The lowest BCUT2D eigenvalue weighted by Crippen LogP contribution is -2.35. The zero-order valence-electron chi connectivity index (χ0n) is 13.7. The number of carbonyl (C=O) groups is 2. The molecular formula is C19H21NO4. The van der Waals surface area contributed by atoms with Gasteiger partial charge in [-0.15, -0.1) is 0 Å². The summed E-state index contributed by atoms with van der Waals surface area (Å²) in [4.78, 5) is 26.1. The van der Waals surface area contributed by atoms with Crippen LogP contribution in [0, 0.1) is 5.92 Å². The van der Waals surface area contributed by atoms with Crippen LogP contribution in [0.2, 0.25) is 0 Å². The molecule has 0 N–H and O–H groups in total. The summed E-state index contributed by atoms with van der Waals surface area (Å²) in [7, 11) is 1.33. The molecule has 0 spiro atoms. The van der Waals surface area contributed by atoms with Crippen molar-refractivity contribution in [2.24, 2.45) is 5.92 Å². The average Bonchev–Trinajstić information content (AvgIpc) is 3.10. The number of esters is 1. The number of carbonyl (C=O) groups excluding carboxylic acids is 2. The van der Waals surface area contributed by atoms with E-state index in [0.29, 0.717) is 6.54 Å². The summed E-state index contributed by atoms with van der Waals surface area (Å²) in [5.41, 5.74) is 0.796. The Kier molecular flexibility index (Phi) is 5.11. The lowest BCUT2D eigenvalue weighted by atomic mass is 9.89. The average molecular weight is 327 g/mol. The number of nitrogens with zero attached hydrogens (tertiary/aromatic N) is 1. The number of likely N-dealkylation sites (tertiary alicyclic amines) is 1. The Morgan fingerprint density at radius 3 is 2.50 bits per heavy atom. The third-order valence-corrected chi connectivity index (χ3v) is 4.44. The normalized spacial score (nSPS) is 16.0. The number of piperidine rings is 1. The maximum absolute atomic E-state index is 12.5. The zero-order valence-corrected chi connectivity index (χ0v) is 13.7. The minimum Gasteiger partial charge on any atom is -0.463 e. The predicted octanol–water partition coefficient (Wildman–Crippen LogP) is 3.16. The van der Waals surface area contributed by atoms with Gasteiger partial charge in [0, 0.05) is 11.5 Å². The van der Waals surface area contributed by atoms with Crippen molar-refractivity contribution in [1.82, 2.24) is 4.90 Å². The second-order valence-electron chi connectivity index (χ2n) is 6.04. The monoisotopic (exact) mass is 327 g/mol. The van der Waals surface area contributed by atoms with Crippen LogP contribution in [0.25, 0.3) is 0 Å². The highest BCUT2D eigenvalue weighted by atomic mass is 16.5. The van der Waals surface area contributed by atoms with E-state index < -0.39 is 5.97 Å². The standard InChI is InChI=1S/C19H21NO4/c1-23-19(22)17-8-7-16(24-17)13-20-11-9-15(10-12-20)18(21)14-5-3-2-4-6-14/h2-8,15H,9-13H2,1H3. The number of Topliss-reactive ketones (excluding diaryl/α,β-unsaturated/α-hetero) is 1. The molecule has 5 heteroatoms. The fourth-order valence-corrected chi connectivity index (χ4v) is 3.08. The lowest BCUT2D eigenvalue weighted by Gasteiger charge is -2.30. The fraction of sp³-hybridized carbons (Fsp3) is 0.368. The molecule has 1 fully saturated rings. The van der Waals surface area contributed by atoms with Crippen LogP contribution in [0.5, 0.6) is 0 Å². The largest absolute Gasteiger partial charge is 0.463 e. The molecule has 0 bridgehead atoms. The summed E-state index contributed by atoms with van der Waals surface area (Å²) in [6.45, 7) is 2.33. The minimum absolute atomic E-state index is 0.0888. The van der Waals surface area contributed by atoms with Crippen LogP contribution in [0.15, 0.2) is 46.9 Å². The summed E-state index contributed by atoms with van der Waals surface area (Å²) < 4.78 is 10.1. The van der Waals surface area contributed by atoms with E-state index in [9.17, 15) is 9.59 Å². The van der Waals surface area contributed by atoms with Crippen LogP contribution in [0.4, 0.5) is 0 Å². The van der Waals surface area contributed by atoms with E-state index in [0.717, 1.165) is 37.3 Å². The maximum atomic E-state index is 12.5. The van der Waals surface area contributed by atoms with Gasteiger partial charge in [-0.25, -0.2) is 4.79 Å². The molecule has 1 saturated heterocycles. The van der Waals surface area contributed by atoms with E-state index in [4.69, 9.17) is 4.42 Å². The number of ether oxygens (including phenoxy) is 1. The Labute approximate surface area is 141 Å². The number of hydrogen-bond acceptors (Lipinski definition) is 5. The number of hydrogen-bond donors (Lipinski definition) is 0. The predicted molar refractivity (Wildman–Crippen MR) is 88.8 cm³/mol. The molecule has 0 saturated carbocycles. The summed E-state index contributed by atoms with van der Waals surface area (Å²) in [6, 6.07) is 12.9. The van der Waals surface area contributed by atoms with Crippen molar-refractivity contribution in [1.29, 1.82) is 0 Å². The molecule has 0 unspecified atom stereocenters. The van der Waals surface area contributed by atoms with Crippen molar-refractivity contribution in [2.45, 2.75) is 19.4 Å². The molecule has 0 radical (unpaired) electrons. The van der Waals surface area contributed by atoms with Crippen LogP contribution < -0.4 is 0 Å². The van der Waals surface area contributed by atoms with Gasteiger partial charge in [0.05, 0.1) is 13.7 Å². The molecule has 2 heterocycles. The molecule has 5 nitrogen and oxygen atoms in total. The molecule has 3 rings (SSSR count). The van der Waals surface area contributed by atoms with Gasteiger partial charge in [0.1, 0.15) is 5.76 Å². The molecule has 2 aromatic rings. The number of ketones is 1. The van der Waals surface area contributed by atoms with E-state index in [-0.39, 0.29) is 17.5 Å². The maximum Gasteiger partial charge on any atom is 0.373 e. The van der Waals surface area contributed by atoms with E-state index in [1.165, 1.54) is 7.11 Å². The van der Waals surface area contributed by atoms with Crippen LogP contribution in [0.1, 0.15) is 39.5 Å². The summed E-state index contributed by atoms with van der Waals surface area (Å²) >= 11 is 0. The Balaban J connectivity index is 1.53. The van der Waals surface area contributed by atoms with Gasteiger partial charge in [-0.1, -0.05) is 30.3 Å². The molecule has 1 aromatic heterocycles. The van der Waals surface area contributed by atoms with Crippen molar-refractivity contribution in [3.8, 4) is 0 Å². The fourth-order valence-electron chi connectivity index (χ4n) is 3.08. The summed E-state index contributed by atoms with van der Waals surface area (Å²) in [5.74, 6) is 0.824. The van der Waals surface area contributed by atoms with E-state index in [1.807, 2.05) is 30.3 Å². The lowest BCUT2D eigenvalue weighted by molar-refractivity contribution is 0.0559. The van der Waals surface area contributed by atoms with Gasteiger partial charge >= 0.3 is 5.97 Å². The third-order valence-electron chi connectivity index (χ3n) is 4.44. The molecule has 0 aliphatic carbocycles. The SMILES string of the molecule is COC(=O)c1ccc(CN2CCC(C(=O)c3ccccc3)CC2)o1. The van der Waals surface area contributed by atoms with Gasteiger partial charge in [-0.05, 0) is 38.1 Å². The second kappa shape index (κ2) is 7.45. The number of rotatable bonds is 5. The first kappa shape index (κ1) is 16.5. The molecule has 1 aliphatic rings. The summed E-state index contributed by atoms with van der Waals surface area (Å²) in [6.07, 6.45) is 1.69. The Bertz CT molecular complexity index is 699. The van der Waals surface area contributed by atoms with Gasteiger partial charge in [-0.3, -0.25) is 9.69 Å². The van der Waals surface area contributed by atoms with Crippen LogP contribution in [0.3, 0.4) is 0 Å². The quantitative estimate of drug-likeness (QED) is 0.623. The van der Waals surface area contributed by atoms with E-state index in [1.54, 1.807) is 12.1 Å². The van der Waals surface area contributed by atoms with Crippen molar-refractivity contribution in [3.05, 3.63) is 59.5 Å². The number of furan rings is 1. The Morgan fingerprint density at radius 2 is 1.83 bits per heavy atom.